The average molecular weight is 217 g/mol. The van der Waals surface area contributed by atoms with Crippen molar-refractivity contribution in [3.05, 3.63) is 11.6 Å². The molecule has 0 heterocycles. The lowest BCUT2D eigenvalue weighted by atomic mass is 10.5. The topological polar surface area (TPSA) is 26.3 Å². The molecule has 0 amide bonds. The predicted molar refractivity (Wildman–Crippen MR) is 46.1 cm³/mol. The van der Waals surface area contributed by atoms with Crippen LogP contribution in [-0.4, -0.2) is 16.9 Å². The number of rotatable bonds is 3. The van der Waals surface area contributed by atoms with E-state index in [1.54, 1.807) is 0 Å². The third kappa shape index (κ3) is 5.36. The van der Waals surface area contributed by atoms with Gasteiger partial charge in [0, 0.05) is 5.03 Å². The zero-order valence-electron chi connectivity index (χ0n) is 5.86. The molecule has 0 saturated heterocycles. The Morgan fingerprint density at radius 3 is 2.36 bits per heavy atom. The van der Waals surface area contributed by atoms with Crippen molar-refractivity contribution in [1.82, 2.24) is 0 Å². The lowest BCUT2D eigenvalue weighted by molar-refractivity contribution is -0.142. The lowest BCUT2D eigenvalue weighted by Gasteiger charge is -2.11. The number of esters is 1. The number of alkyl halides is 2. The summed E-state index contributed by atoms with van der Waals surface area (Å²) in [5, 5.41) is 0.218. The fraction of sp³-hybridized carbons (Fsp3) is 0.500. The van der Waals surface area contributed by atoms with Crippen molar-refractivity contribution >= 4 is 40.8 Å². The minimum Gasteiger partial charge on any atom is -0.458 e. The summed E-state index contributed by atoms with van der Waals surface area (Å²) in [7, 11) is 0. The van der Waals surface area contributed by atoms with Crippen molar-refractivity contribution in [3.63, 3.8) is 0 Å². The van der Waals surface area contributed by atoms with Crippen LogP contribution >= 0.6 is 34.8 Å². The van der Waals surface area contributed by atoms with Gasteiger partial charge in [-0.3, -0.25) is 0 Å². The molecule has 0 saturated carbocycles. The smallest absolute Gasteiger partial charge is 0.342 e. The van der Waals surface area contributed by atoms with Crippen LogP contribution in [0.1, 0.15) is 6.92 Å². The number of halogens is 3. The van der Waals surface area contributed by atoms with E-state index in [0.717, 1.165) is 0 Å². The summed E-state index contributed by atoms with van der Waals surface area (Å²) in [4.78, 5) is 10.8. The Hall–Kier alpha value is 0.0800. The maximum absolute atomic E-state index is 10.8. The molecule has 0 radical (unpaired) electrons. The minimum absolute atomic E-state index is 0.0740. The summed E-state index contributed by atoms with van der Waals surface area (Å²) >= 11 is 16.1. The normalized spacial score (nSPS) is 10.9. The first-order valence-electron chi connectivity index (χ1n) is 2.72. The SMILES string of the molecule is C=C(Cl)COC(=O)C(C)(Cl)Cl. The molecule has 2 nitrogen and oxygen atoms in total. The van der Waals surface area contributed by atoms with Gasteiger partial charge in [-0.15, -0.1) is 0 Å². The van der Waals surface area contributed by atoms with Crippen LogP contribution < -0.4 is 0 Å². The van der Waals surface area contributed by atoms with E-state index < -0.39 is 10.3 Å². The highest BCUT2D eigenvalue weighted by Crippen LogP contribution is 2.21. The summed E-state index contributed by atoms with van der Waals surface area (Å²) < 4.78 is 3.01. The van der Waals surface area contributed by atoms with Gasteiger partial charge in [0.1, 0.15) is 6.61 Å². The van der Waals surface area contributed by atoms with Crippen LogP contribution in [0.25, 0.3) is 0 Å². The van der Waals surface area contributed by atoms with E-state index in [0.29, 0.717) is 0 Å². The third-order valence-corrected chi connectivity index (χ3v) is 1.14. The van der Waals surface area contributed by atoms with Gasteiger partial charge < -0.3 is 4.74 Å². The van der Waals surface area contributed by atoms with Crippen LogP contribution in [-0.2, 0) is 9.53 Å². The van der Waals surface area contributed by atoms with Crippen LogP contribution in [0.4, 0.5) is 0 Å². The maximum Gasteiger partial charge on any atom is 0.342 e. The molecule has 0 aliphatic rings. The highest BCUT2D eigenvalue weighted by Gasteiger charge is 2.29. The number of ether oxygens (including phenoxy) is 1. The second-order valence-corrected chi connectivity index (χ2v) is 4.22. The molecule has 0 aromatic heterocycles. The number of carbonyl (C=O) groups is 1. The summed E-state index contributed by atoms with van der Waals surface area (Å²) in [6, 6.07) is 0. The van der Waals surface area contributed by atoms with E-state index in [4.69, 9.17) is 34.8 Å². The molecule has 0 bridgehead atoms. The molecule has 0 fully saturated rings. The van der Waals surface area contributed by atoms with E-state index in [1.165, 1.54) is 6.92 Å². The molecule has 64 valence electrons. The molecule has 0 N–H and O–H groups in total. The van der Waals surface area contributed by atoms with Gasteiger partial charge in [0.15, 0.2) is 0 Å². The number of hydrogen-bond acceptors (Lipinski definition) is 2. The minimum atomic E-state index is -1.52. The molecule has 11 heavy (non-hydrogen) atoms. The summed E-state index contributed by atoms with van der Waals surface area (Å²) in [5.41, 5.74) is 0. The van der Waals surface area contributed by atoms with Gasteiger partial charge in [-0.1, -0.05) is 41.4 Å². The lowest BCUT2D eigenvalue weighted by Crippen LogP contribution is -2.24. The first kappa shape index (κ1) is 11.1. The molecule has 0 aliphatic carbocycles. The molecule has 0 spiro atoms. The summed E-state index contributed by atoms with van der Waals surface area (Å²) in [5.74, 6) is -0.734. The van der Waals surface area contributed by atoms with Crippen LogP contribution in [0.3, 0.4) is 0 Å². The molecule has 0 unspecified atom stereocenters. The van der Waals surface area contributed by atoms with Crippen LogP contribution in [0, 0.1) is 0 Å². The van der Waals surface area contributed by atoms with E-state index in [2.05, 4.69) is 11.3 Å². The van der Waals surface area contributed by atoms with Gasteiger partial charge in [0.2, 0.25) is 4.33 Å². The maximum atomic E-state index is 10.8. The van der Waals surface area contributed by atoms with Crippen LogP contribution in [0.15, 0.2) is 11.6 Å². The highest BCUT2D eigenvalue weighted by atomic mass is 35.5. The third-order valence-electron chi connectivity index (χ3n) is 0.718. The van der Waals surface area contributed by atoms with Crippen molar-refractivity contribution in [2.75, 3.05) is 6.61 Å². The van der Waals surface area contributed by atoms with Crippen molar-refractivity contribution < 1.29 is 9.53 Å². The fourth-order valence-corrected chi connectivity index (χ4v) is 0.434. The van der Waals surface area contributed by atoms with Gasteiger partial charge in [-0.25, -0.2) is 4.79 Å². The van der Waals surface area contributed by atoms with Gasteiger partial charge in [0.05, 0.1) is 0 Å². The Balaban J connectivity index is 3.80. The van der Waals surface area contributed by atoms with Gasteiger partial charge in [-0.2, -0.15) is 0 Å². The van der Waals surface area contributed by atoms with Crippen molar-refractivity contribution in [2.45, 2.75) is 11.3 Å². The second-order valence-electron chi connectivity index (χ2n) is 1.98. The van der Waals surface area contributed by atoms with Crippen molar-refractivity contribution in [3.8, 4) is 0 Å². The molecule has 5 heteroatoms. The number of carbonyl (C=O) groups excluding carboxylic acids is 1. The van der Waals surface area contributed by atoms with E-state index in [1.807, 2.05) is 0 Å². The van der Waals surface area contributed by atoms with E-state index in [-0.39, 0.29) is 11.6 Å². The first-order chi connectivity index (χ1) is 4.84. The zero-order valence-corrected chi connectivity index (χ0v) is 8.13. The molecule has 0 aromatic carbocycles. The van der Waals surface area contributed by atoms with Gasteiger partial charge >= 0.3 is 5.97 Å². The Morgan fingerprint density at radius 2 is 2.09 bits per heavy atom. The first-order valence-corrected chi connectivity index (χ1v) is 3.85. The molecule has 0 rings (SSSR count). The Labute approximate surface area is 80.1 Å². The van der Waals surface area contributed by atoms with Gasteiger partial charge in [-0.05, 0) is 6.92 Å². The Kier molecular flexibility index (Phi) is 4.22. The second kappa shape index (κ2) is 4.19. The average Bonchev–Trinajstić information content (AvgIpc) is 1.80. The monoisotopic (exact) mass is 216 g/mol. The highest BCUT2D eigenvalue weighted by molar-refractivity contribution is 6.57. The van der Waals surface area contributed by atoms with E-state index >= 15 is 0 Å². The van der Waals surface area contributed by atoms with Crippen molar-refractivity contribution in [2.24, 2.45) is 0 Å². The standard InChI is InChI=1S/C6H7Cl3O2/c1-4(7)3-11-5(10)6(2,8)9/h1,3H2,2H3. The zero-order chi connectivity index (χ0) is 9.07. The van der Waals surface area contributed by atoms with Crippen molar-refractivity contribution in [1.29, 1.82) is 0 Å². The largest absolute Gasteiger partial charge is 0.458 e. The summed E-state index contributed by atoms with van der Waals surface area (Å²) in [6.07, 6.45) is 0. The fourth-order valence-electron chi connectivity index (χ4n) is 0.271. The quantitative estimate of drug-likeness (QED) is 0.536. The summed E-state index contributed by atoms with van der Waals surface area (Å²) in [6.45, 7) is 4.55. The molecular weight excluding hydrogens is 210 g/mol. The van der Waals surface area contributed by atoms with Gasteiger partial charge in [0.25, 0.3) is 0 Å². The van der Waals surface area contributed by atoms with E-state index in [9.17, 15) is 4.79 Å². The Morgan fingerprint density at radius 1 is 1.64 bits per heavy atom. The number of hydrogen-bond donors (Lipinski definition) is 0. The molecule has 0 aromatic rings. The predicted octanol–water partition coefficient (Wildman–Crippen LogP) is 2.48. The van der Waals surface area contributed by atoms with Crippen LogP contribution in [0.2, 0.25) is 0 Å². The molecule has 0 atom stereocenters. The molecular formula is C6H7Cl3O2. The Bertz CT molecular complexity index is 171. The molecule has 0 aliphatic heterocycles. The van der Waals surface area contributed by atoms with Crippen LogP contribution in [0.5, 0.6) is 0 Å².